The molecule has 128 valence electrons. The lowest BCUT2D eigenvalue weighted by Crippen LogP contribution is -2.14. The van der Waals surface area contributed by atoms with Crippen molar-refractivity contribution in [3.8, 4) is 11.4 Å². The van der Waals surface area contributed by atoms with E-state index in [1.165, 1.54) is 28.9 Å². The van der Waals surface area contributed by atoms with Gasteiger partial charge in [0.05, 0.1) is 10.8 Å². The molecular weight excluding hydrogens is 374 g/mol. The number of hydrogen-bond donors (Lipinski definition) is 1. The van der Waals surface area contributed by atoms with Gasteiger partial charge in [-0.05, 0) is 49.1 Å². The molecule has 0 unspecified atom stereocenters. The van der Waals surface area contributed by atoms with Crippen molar-refractivity contribution < 1.29 is 4.79 Å². The Bertz CT molecular complexity index is 911. The van der Waals surface area contributed by atoms with Crippen molar-refractivity contribution in [3.05, 3.63) is 58.6 Å². The maximum absolute atomic E-state index is 12.2. The Morgan fingerprint density at radius 2 is 2.04 bits per heavy atom. The third-order valence-electron chi connectivity index (χ3n) is 3.50. The molecule has 4 nitrogen and oxygen atoms in total. The number of carbonyl (C=O) groups is 1. The monoisotopic (exact) mass is 389 g/mol. The van der Waals surface area contributed by atoms with Crippen molar-refractivity contribution >= 4 is 46.5 Å². The standard InChI is InChI=1S/C18H16ClN3OS2/c1-11-7-8-15(12(2)9-11)20-16(23)10-24-18-21-17(22-25-18)13-5-3-4-6-14(13)19/h3-9H,10H2,1-2H3,(H,20,23). The van der Waals surface area contributed by atoms with Gasteiger partial charge < -0.3 is 5.32 Å². The van der Waals surface area contributed by atoms with Crippen LogP contribution in [0.25, 0.3) is 11.4 Å². The summed E-state index contributed by atoms with van der Waals surface area (Å²) >= 11 is 8.80. The number of hydrogen-bond acceptors (Lipinski definition) is 5. The minimum atomic E-state index is -0.0635. The van der Waals surface area contributed by atoms with Gasteiger partial charge >= 0.3 is 0 Å². The molecule has 1 heterocycles. The van der Waals surface area contributed by atoms with Gasteiger partial charge in [-0.2, -0.15) is 4.37 Å². The molecule has 7 heteroatoms. The predicted octanol–water partition coefficient (Wildman–Crippen LogP) is 5.21. The molecule has 0 spiro atoms. The predicted molar refractivity (Wildman–Crippen MR) is 106 cm³/mol. The normalized spacial score (nSPS) is 10.7. The first kappa shape index (κ1) is 17.9. The van der Waals surface area contributed by atoms with Crippen LogP contribution < -0.4 is 5.32 Å². The molecule has 0 aliphatic heterocycles. The van der Waals surface area contributed by atoms with E-state index in [1.807, 2.05) is 56.3 Å². The van der Waals surface area contributed by atoms with E-state index in [0.29, 0.717) is 10.8 Å². The molecule has 25 heavy (non-hydrogen) atoms. The summed E-state index contributed by atoms with van der Waals surface area (Å²) < 4.78 is 5.07. The van der Waals surface area contributed by atoms with Crippen LogP contribution in [-0.2, 0) is 4.79 Å². The van der Waals surface area contributed by atoms with Gasteiger partial charge in [0.15, 0.2) is 10.2 Å². The van der Waals surface area contributed by atoms with Crippen molar-refractivity contribution in [2.24, 2.45) is 0 Å². The van der Waals surface area contributed by atoms with Crippen LogP contribution in [0, 0.1) is 13.8 Å². The molecular formula is C18H16ClN3OS2. The Kier molecular flexibility index (Phi) is 5.73. The van der Waals surface area contributed by atoms with Crippen molar-refractivity contribution in [3.63, 3.8) is 0 Å². The molecule has 0 saturated heterocycles. The molecule has 1 aromatic heterocycles. The van der Waals surface area contributed by atoms with E-state index >= 15 is 0 Å². The molecule has 3 aromatic rings. The molecule has 0 saturated carbocycles. The summed E-state index contributed by atoms with van der Waals surface area (Å²) in [5, 5.41) is 3.55. The van der Waals surface area contributed by atoms with Crippen LogP contribution in [0.5, 0.6) is 0 Å². The van der Waals surface area contributed by atoms with Crippen molar-refractivity contribution in [1.82, 2.24) is 9.36 Å². The number of nitrogens with one attached hydrogen (secondary N) is 1. The molecule has 3 rings (SSSR count). The highest BCUT2D eigenvalue weighted by atomic mass is 35.5. The average molecular weight is 390 g/mol. The summed E-state index contributed by atoms with van der Waals surface area (Å²) in [6.45, 7) is 4.01. The maximum atomic E-state index is 12.2. The molecule has 0 bridgehead atoms. The summed E-state index contributed by atoms with van der Waals surface area (Å²) in [7, 11) is 0. The van der Waals surface area contributed by atoms with Crippen LogP contribution in [0.3, 0.4) is 0 Å². The maximum Gasteiger partial charge on any atom is 0.234 e. The minimum Gasteiger partial charge on any atom is -0.325 e. The van der Waals surface area contributed by atoms with Gasteiger partial charge in [-0.3, -0.25) is 4.79 Å². The molecule has 0 aliphatic carbocycles. The molecule has 0 atom stereocenters. The molecule has 1 amide bonds. The summed E-state index contributed by atoms with van der Waals surface area (Å²) in [6.07, 6.45) is 0. The van der Waals surface area contributed by atoms with Gasteiger partial charge in [0.25, 0.3) is 0 Å². The fourth-order valence-corrected chi connectivity index (χ4v) is 3.92. The number of benzene rings is 2. The Balaban J connectivity index is 1.60. The summed E-state index contributed by atoms with van der Waals surface area (Å²) in [6, 6.07) is 13.4. The SMILES string of the molecule is Cc1ccc(NC(=O)CSc2nc(-c3ccccc3Cl)ns2)c(C)c1. The highest BCUT2D eigenvalue weighted by Gasteiger charge is 2.12. The van der Waals surface area contributed by atoms with Gasteiger partial charge in [-0.15, -0.1) is 0 Å². The number of carbonyl (C=O) groups excluding carboxylic acids is 1. The molecule has 0 radical (unpaired) electrons. The van der Waals surface area contributed by atoms with E-state index in [0.717, 1.165) is 21.2 Å². The number of nitrogens with zero attached hydrogens (tertiary/aromatic N) is 2. The zero-order chi connectivity index (χ0) is 17.8. The lowest BCUT2D eigenvalue weighted by Gasteiger charge is -2.08. The first-order chi connectivity index (χ1) is 12.0. The number of aromatic nitrogens is 2. The van der Waals surface area contributed by atoms with E-state index in [9.17, 15) is 4.79 Å². The Morgan fingerprint density at radius 1 is 1.24 bits per heavy atom. The van der Waals surface area contributed by atoms with Crippen LogP contribution in [0.1, 0.15) is 11.1 Å². The topological polar surface area (TPSA) is 54.9 Å². The van der Waals surface area contributed by atoms with Crippen molar-refractivity contribution in [2.75, 3.05) is 11.1 Å². The lowest BCUT2D eigenvalue weighted by atomic mass is 10.1. The Hall–Kier alpha value is -1.89. The van der Waals surface area contributed by atoms with Crippen LogP contribution in [0.4, 0.5) is 5.69 Å². The highest BCUT2D eigenvalue weighted by molar-refractivity contribution is 8.01. The second-order valence-corrected chi connectivity index (χ2v) is 7.90. The van der Waals surface area contributed by atoms with E-state index in [2.05, 4.69) is 14.7 Å². The number of amides is 1. The first-order valence-corrected chi connectivity index (χ1v) is 9.75. The van der Waals surface area contributed by atoms with Crippen LogP contribution in [-0.4, -0.2) is 21.0 Å². The zero-order valence-corrected chi connectivity index (χ0v) is 16.1. The molecule has 0 fully saturated rings. The summed E-state index contributed by atoms with van der Waals surface area (Å²) in [5.41, 5.74) is 3.86. The number of aryl methyl sites for hydroxylation is 2. The fourth-order valence-electron chi connectivity index (χ4n) is 2.29. The molecule has 0 aliphatic rings. The first-order valence-electron chi connectivity index (χ1n) is 7.61. The number of rotatable bonds is 5. The zero-order valence-electron chi connectivity index (χ0n) is 13.7. The second-order valence-electron chi connectivity index (χ2n) is 5.52. The summed E-state index contributed by atoms with van der Waals surface area (Å²) in [5.74, 6) is 0.809. The smallest absolute Gasteiger partial charge is 0.234 e. The van der Waals surface area contributed by atoms with Crippen LogP contribution in [0.15, 0.2) is 46.8 Å². The van der Waals surface area contributed by atoms with Gasteiger partial charge in [0.2, 0.25) is 5.91 Å². The van der Waals surface area contributed by atoms with Crippen LogP contribution >= 0.6 is 34.9 Å². The second kappa shape index (κ2) is 7.99. The van der Waals surface area contributed by atoms with E-state index in [-0.39, 0.29) is 11.7 Å². The third-order valence-corrected chi connectivity index (χ3v) is 5.67. The average Bonchev–Trinajstić information content (AvgIpc) is 3.05. The van der Waals surface area contributed by atoms with Gasteiger partial charge in [-0.1, -0.05) is 53.2 Å². The third kappa shape index (κ3) is 4.60. The fraction of sp³-hybridized carbons (Fsp3) is 0.167. The number of anilines is 1. The summed E-state index contributed by atoms with van der Waals surface area (Å²) in [4.78, 5) is 16.6. The van der Waals surface area contributed by atoms with E-state index in [1.54, 1.807) is 0 Å². The van der Waals surface area contributed by atoms with Crippen molar-refractivity contribution in [2.45, 2.75) is 18.2 Å². The molecule has 1 N–H and O–H groups in total. The Morgan fingerprint density at radius 3 is 2.80 bits per heavy atom. The quantitative estimate of drug-likeness (QED) is 0.609. The van der Waals surface area contributed by atoms with Crippen molar-refractivity contribution in [1.29, 1.82) is 0 Å². The Labute approximate surface area is 159 Å². The highest BCUT2D eigenvalue weighted by Crippen LogP contribution is 2.29. The molecule has 2 aromatic carbocycles. The number of thioether (sulfide) groups is 1. The minimum absolute atomic E-state index is 0.0635. The number of halogens is 1. The lowest BCUT2D eigenvalue weighted by molar-refractivity contribution is -0.113. The van der Waals surface area contributed by atoms with Gasteiger partial charge in [0, 0.05) is 11.3 Å². The van der Waals surface area contributed by atoms with E-state index < -0.39 is 0 Å². The van der Waals surface area contributed by atoms with Crippen LogP contribution in [0.2, 0.25) is 5.02 Å². The van der Waals surface area contributed by atoms with Gasteiger partial charge in [-0.25, -0.2) is 4.98 Å². The van der Waals surface area contributed by atoms with Gasteiger partial charge in [0.1, 0.15) is 0 Å². The van der Waals surface area contributed by atoms with E-state index in [4.69, 9.17) is 11.6 Å². The largest absolute Gasteiger partial charge is 0.325 e.